The summed E-state index contributed by atoms with van der Waals surface area (Å²) in [6.07, 6.45) is 4.45. The first-order valence-corrected chi connectivity index (χ1v) is 7.64. The Kier molecular flexibility index (Phi) is 4.09. The van der Waals surface area contributed by atoms with Gasteiger partial charge in [-0.1, -0.05) is 51.8 Å². The lowest BCUT2D eigenvalue weighted by molar-refractivity contribution is 0.127. The molecular weight excluding hydrogens is 244 g/mol. The Morgan fingerprint density at radius 3 is 2.55 bits per heavy atom. The minimum absolute atomic E-state index is 0.145. The van der Waals surface area contributed by atoms with Crippen LogP contribution in [0.4, 0.5) is 5.69 Å². The van der Waals surface area contributed by atoms with Gasteiger partial charge in [-0.05, 0) is 36.8 Å². The molecule has 2 nitrogen and oxygen atoms in total. The lowest BCUT2D eigenvalue weighted by Crippen LogP contribution is -2.51. The summed E-state index contributed by atoms with van der Waals surface area (Å²) in [5.41, 5.74) is 2.03. The van der Waals surface area contributed by atoms with Crippen LogP contribution in [0.3, 0.4) is 0 Å². The highest BCUT2D eigenvalue weighted by molar-refractivity contribution is 5.54. The van der Waals surface area contributed by atoms with Gasteiger partial charge in [0.05, 0.1) is 6.07 Å². The van der Waals surface area contributed by atoms with Gasteiger partial charge in [0.25, 0.3) is 0 Å². The van der Waals surface area contributed by atoms with Gasteiger partial charge in [0.2, 0.25) is 0 Å². The topological polar surface area (TPSA) is 35.8 Å². The van der Waals surface area contributed by atoms with Crippen molar-refractivity contribution < 1.29 is 0 Å². The Bertz CT molecular complexity index is 507. The average Bonchev–Trinajstić information content (AvgIpc) is 2.41. The van der Waals surface area contributed by atoms with E-state index in [0.29, 0.717) is 5.92 Å². The van der Waals surface area contributed by atoms with Gasteiger partial charge >= 0.3 is 0 Å². The Morgan fingerprint density at radius 2 is 1.95 bits per heavy atom. The van der Waals surface area contributed by atoms with E-state index in [-0.39, 0.29) is 5.41 Å². The van der Waals surface area contributed by atoms with Crippen molar-refractivity contribution in [2.24, 2.45) is 11.3 Å². The molecule has 1 aromatic carbocycles. The minimum atomic E-state index is -0.428. The molecule has 2 unspecified atom stereocenters. The fourth-order valence-corrected chi connectivity index (χ4v) is 3.61. The summed E-state index contributed by atoms with van der Waals surface area (Å²) in [6, 6.07) is 10.9. The maximum Gasteiger partial charge on any atom is 0.128 e. The number of anilines is 1. The summed E-state index contributed by atoms with van der Waals surface area (Å²) in [5.74, 6) is 0.383. The Morgan fingerprint density at radius 1 is 1.25 bits per heavy atom. The molecule has 1 aromatic rings. The van der Waals surface area contributed by atoms with E-state index in [1.54, 1.807) is 0 Å². The molecule has 1 saturated carbocycles. The van der Waals surface area contributed by atoms with Gasteiger partial charge in [-0.25, -0.2) is 0 Å². The molecule has 0 heterocycles. The lowest BCUT2D eigenvalue weighted by Gasteiger charge is -2.47. The van der Waals surface area contributed by atoms with E-state index in [2.05, 4.69) is 51.2 Å². The van der Waals surface area contributed by atoms with E-state index in [9.17, 15) is 5.26 Å². The summed E-state index contributed by atoms with van der Waals surface area (Å²) in [6.45, 7) is 8.88. The van der Waals surface area contributed by atoms with E-state index < -0.39 is 5.54 Å². The van der Waals surface area contributed by atoms with Crippen LogP contribution in [-0.4, -0.2) is 5.54 Å². The second-order valence-electron chi connectivity index (χ2n) is 7.19. The van der Waals surface area contributed by atoms with Crippen LogP contribution in [0.2, 0.25) is 0 Å². The van der Waals surface area contributed by atoms with Crippen molar-refractivity contribution in [1.82, 2.24) is 0 Å². The lowest BCUT2D eigenvalue weighted by atomic mass is 9.62. The van der Waals surface area contributed by atoms with Gasteiger partial charge < -0.3 is 5.32 Å². The SMILES string of the molecule is Cc1ccccc1NC1(C#N)CCCCC1C(C)(C)C. The number of nitrogens with zero attached hydrogens (tertiary/aromatic N) is 1. The van der Waals surface area contributed by atoms with Crippen LogP contribution in [0, 0.1) is 29.6 Å². The molecule has 0 radical (unpaired) electrons. The number of nitrogens with one attached hydrogen (secondary N) is 1. The number of nitriles is 1. The van der Waals surface area contributed by atoms with Crippen molar-refractivity contribution in [3.8, 4) is 6.07 Å². The molecule has 0 spiro atoms. The quantitative estimate of drug-likeness (QED) is 0.829. The molecule has 1 aliphatic rings. The molecule has 1 fully saturated rings. The third-order valence-corrected chi connectivity index (χ3v) is 4.66. The molecule has 2 rings (SSSR count). The van der Waals surface area contributed by atoms with Crippen LogP contribution in [-0.2, 0) is 0 Å². The first kappa shape index (κ1) is 14.9. The maximum absolute atomic E-state index is 9.91. The Labute approximate surface area is 123 Å². The number of benzene rings is 1. The van der Waals surface area contributed by atoms with Crippen molar-refractivity contribution >= 4 is 5.69 Å². The minimum Gasteiger partial charge on any atom is -0.367 e. The third kappa shape index (κ3) is 2.82. The molecule has 2 heteroatoms. The van der Waals surface area contributed by atoms with Gasteiger partial charge in [0, 0.05) is 11.6 Å². The zero-order chi connectivity index (χ0) is 14.8. The van der Waals surface area contributed by atoms with Crippen molar-refractivity contribution in [2.75, 3.05) is 5.32 Å². The molecule has 0 aliphatic heterocycles. The van der Waals surface area contributed by atoms with Crippen molar-refractivity contribution in [3.63, 3.8) is 0 Å². The van der Waals surface area contributed by atoms with Crippen molar-refractivity contribution in [2.45, 2.75) is 58.9 Å². The highest BCUT2D eigenvalue weighted by Crippen LogP contribution is 2.46. The fraction of sp³-hybridized carbons (Fsp3) is 0.611. The highest BCUT2D eigenvalue weighted by atomic mass is 15.0. The normalized spacial score (nSPS) is 26.9. The maximum atomic E-state index is 9.91. The second kappa shape index (κ2) is 5.48. The van der Waals surface area contributed by atoms with Crippen LogP contribution < -0.4 is 5.32 Å². The number of hydrogen-bond donors (Lipinski definition) is 1. The first-order chi connectivity index (χ1) is 9.39. The molecule has 0 bridgehead atoms. The van der Waals surface area contributed by atoms with E-state index >= 15 is 0 Å². The number of aryl methyl sites for hydroxylation is 1. The van der Waals surface area contributed by atoms with Gasteiger partial charge in [-0.2, -0.15) is 5.26 Å². The van der Waals surface area contributed by atoms with Crippen molar-refractivity contribution in [1.29, 1.82) is 5.26 Å². The highest BCUT2D eigenvalue weighted by Gasteiger charge is 2.46. The number of hydrogen-bond acceptors (Lipinski definition) is 2. The van der Waals surface area contributed by atoms with Crippen molar-refractivity contribution in [3.05, 3.63) is 29.8 Å². The average molecular weight is 270 g/mol. The van der Waals surface area contributed by atoms with Crippen LogP contribution in [0.15, 0.2) is 24.3 Å². The summed E-state index contributed by atoms with van der Waals surface area (Å²) in [4.78, 5) is 0. The predicted octanol–water partition coefficient (Wildman–Crippen LogP) is 4.91. The zero-order valence-corrected chi connectivity index (χ0v) is 13.2. The van der Waals surface area contributed by atoms with E-state index in [0.717, 1.165) is 24.9 Å². The number of para-hydroxylation sites is 1. The molecule has 2 atom stereocenters. The predicted molar refractivity (Wildman–Crippen MR) is 84.6 cm³/mol. The van der Waals surface area contributed by atoms with Gasteiger partial charge in [0.15, 0.2) is 0 Å². The van der Waals surface area contributed by atoms with E-state index in [4.69, 9.17) is 0 Å². The summed E-state index contributed by atoms with van der Waals surface area (Å²) in [7, 11) is 0. The molecule has 0 aromatic heterocycles. The van der Waals surface area contributed by atoms with E-state index in [1.807, 2.05) is 12.1 Å². The van der Waals surface area contributed by atoms with Crippen LogP contribution >= 0.6 is 0 Å². The molecule has 1 aliphatic carbocycles. The fourth-order valence-electron chi connectivity index (χ4n) is 3.61. The summed E-state index contributed by atoms with van der Waals surface area (Å²) < 4.78 is 0. The summed E-state index contributed by atoms with van der Waals surface area (Å²) >= 11 is 0. The van der Waals surface area contributed by atoms with Crippen LogP contribution in [0.1, 0.15) is 52.0 Å². The number of rotatable bonds is 2. The third-order valence-electron chi connectivity index (χ3n) is 4.66. The zero-order valence-electron chi connectivity index (χ0n) is 13.2. The standard InChI is InChI=1S/C18H26N2/c1-14-9-5-6-10-15(14)20-18(13-19)12-8-7-11-16(18)17(2,3)4/h5-6,9-10,16,20H,7-8,11-12H2,1-4H3. The second-order valence-corrected chi connectivity index (χ2v) is 7.19. The molecule has 108 valence electrons. The molecule has 0 saturated heterocycles. The van der Waals surface area contributed by atoms with Gasteiger partial charge in [0.1, 0.15) is 5.54 Å². The smallest absolute Gasteiger partial charge is 0.128 e. The monoisotopic (exact) mass is 270 g/mol. The van der Waals surface area contributed by atoms with Crippen LogP contribution in [0.25, 0.3) is 0 Å². The van der Waals surface area contributed by atoms with Gasteiger partial charge in [-0.3, -0.25) is 0 Å². The molecule has 0 amide bonds. The molecule has 1 N–H and O–H groups in total. The largest absolute Gasteiger partial charge is 0.367 e. The van der Waals surface area contributed by atoms with Gasteiger partial charge in [-0.15, -0.1) is 0 Å². The molecule has 20 heavy (non-hydrogen) atoms. The first-order valence-electron chi connectivity index (χ1n) is 7.64. The van der Waals surface area contributed by atoms with E-state index in [1.165, 1.54) is 12.0 Å². The van der Waals surface area contributed by atoms with Crippen LogP contribution in [0.5, 0.6) is 0 Å². The Hall–Kier alpha value is -1.49. The molecular formula is C18H26N2. The summed E-state index contributed by atoms with van der Waals surface area (Å²) in [5, 5.41) is 13.5. The Balaban J connectivity index is 2.37.